The van der Waals surface area contributed by atoms with E-state index in [0.29, 0.717) is 12.0 Å². The predicted octanol–water partition coefficient (Wildman–Crippen LogP) is 2.42. The van der Waals surface area contributed by atoms with E-state index in [1.807, 2.05) is 6.92 Å². The van der Waals surface area contributed by atoms with Crippen LogP contribution in [0, 0.1) is 0 Å². The first kappa shape index (κ1) is 16.4. The van der Waals surface area contributed by atoms with E-state index in [-0.39, 0.29) is 18.2 Å². The molecule has 1 aromatic rings. The van der Waals surface area contributed by atoms with Gasteiger partial charge in [0.25, 0.3) is 0 Å². The van der Waals surface area contributed by atoms with Crippen molar-refractivity contribution in [3.63, 3.8) is 0 Å². The molecule has 4 nitrogen and oxygen atoms in total. The number of carbonyl (C=O) groups excluding carboxylic acids is 1. The Bertz CT molecular complexity index is 451. The smallest absolute Gasteiger partial charge is 0.387 e. The number of hydrogen-bond donors (Lipinski definition) is 2. The van der Waals surface area contributed by atoms with Crippen LogP contribution >= 0.6 is 0 Å². The molecule has 0 radical (unpaired) electrons. The van der Waals surface area contributed by atoms with Gasteiger partial charge in [-0.2, -0.15) is 8.78 Å². The van der Waals surface area contributed by atoms with E-state index in [2.05, 4.69) is 10.1 Å². The average molecular weight is 286 g/mol. The van der Waals surface area contributed by atoms with Gasteiger partial charge in [-0.1, -0.05) is 25.5 Å². The van der Waals surface area contributed by atoms with Gasteiger partial charge in [-0.25, -0.2) is 0 Å². The molecule has 0 aliphatic heterocycles. The Hall–Kier alpha value is -1.69. The number of alkyl halides is 2. The summed E-state index contributed by atoms with van der Waals surface area (Å²) < 4.78 is 28.5. The molecule has 1 unspecified atom stereocenters. The van der Waals surface area contributed by atoms with Crippen molar-refractivity contribution in [1.29, 1.82) is 0 Å². The number of rotatable bonds is 7. The minimum absolute atomic E-state index is 0.0656. The molecule has 0 aromatic heterocycles. The number of halogens is 2. The summed E-state index contributed by atoms with van der Waals surface area (Å²) in [7, 11) is 0. The highest BCUT2D eigenvalue weighted by atomic mass is 19.3. The molecule has 3 N–H and O–H groups in total. The van der Waals surface area contributed by atoms with E-state index in [1.165, 1.54) is 12.1 Å². The molecule has 6 heteroatoms. The molecule has 0 saturated heterocycles. The summed E-state index contributed by atoms with van der Waals surface area (Å²) >= 11 is 0. The van der Waals surface area contributed by atoms with Gasteiger partial charge >= 0.3 is 6.61 Å². The molecule has 1 aromatic carbocycles. The van der Waals surface area contributed by atoms with Crippen molar-refractivity contribution in [2.75, 3.05) is 0 Å². The molecule has 0 aliphatic rings. The topological polar surface area (TPSA) is 64.4 Å². The highest BCUT2D eigenvalue weighted by Gasteiger charge is 2.26. The quantitative estimate of drug-likeness (QED) is 0.809. The van der Waals surface area contributed by atoms with Crippen LogP contribution < -0.4 is 15.8 Å². The maximum Gasteiger partial charge on any atom is 0.387 e. The molecule has 0 heterocycles. The molecule has 0 fully saturated rings. The number of ether oxygens (including phenoxy) is 1. The Morgan fingerprint density at radius 3 is 2.80 bits per heavy atom. The Morgan fingerprint density at radius 1 is 1.50 bits per heavy atom. The van der Waals surface area contributed by atoms with Gasteiger partial charge in [-0.3, -0.25) is 4.79 Å². The summed E-state index contributed by atoms with van der Waals surface area (Å²) in [5, 5.41) is 2.70. The maximum absolute atomic E-state index is 12.1. The monoisotopic (exact) mass is 286 g/mol. The lowest BCUT2D eigenvalue weighted by Crippen LogP contribution is -2.51. The van der Waals surface area contributed by atoms with Gasteiger partial charge in [0.15, 0.2) is 0 Å². The fraction of sp³-hybridized carbons (Fsp3) is 0.500. The van der Waals surface area contributed by atoms with Crippen LogP contribution in [0.1, 0.15) is 32.3 Å². The molecule has 0 aliphatic carbocycles. The molecule has 0 bridgehead atoms. The number of nitrogens with one attached hydrogen (secondary N) is 1. The van der Waals surface area contributed by atoms with E-state index in [9.17, 15) is 13.6 Å². The van der Waals surface area contributed by atoms with Gasteiger partial charge in [0.1, 0.15) is 5.75 Å². The summed E-state index contributed by atoms with van der Waals surface area (Å²) in [5.74, 6) is -0.199. The van der Waals surface area contributed by atoms with Gasteiger partial charge < -0.3 is 15.8 Å². The van der Waals surface area contributed by atoms with Crippen LogP contribution in [0.15, 0.2) is 24.3 Å². The molecular formula is C14H20F2N2O2. The number of benzene rings is 1. The first-order valence-corrected chi connectivity index (χ1v) is 6.46. The Balaban J connectivity index is 2.59. The summed E-state index contributed by atoms with van der Waals surface area (Å²) in [6.07, 6.45) is 1.38. The van der Waals surface area contributed by atoms with Crippen molar-refractivity contribution in [2.45, 2.75) is 45.4 Å². The highest BCUT2D eigenvalue weighted by molar-refractivity contribution is 5.85. The zero-order valence-corrected chi connectivity index (χ0v) is 11.7. The first-order chi connectivity index (χ1) is 9.35. The minimum Gasteiger partial charge on any atom is -0.435 e. The molecule has 1 amide bonds. The zero-order chi connectivity index (χ0) is 15.2. The molecule has 1 rings (SSSR count). The fourth-order valence-corrected chi connectivity index (χ4v) is 1.85. The largest absolute Gasteiger partial charge is 0.435 e. The van der Waals surface area contributed by atoms with Crippen molar-refractivity contribution < 1.29 is 18.3 Å². The third-order valence-electron chi connectivity index (χ3n) is 2.86. The number of nitrogens with two attached hydrogens (primary N) is 1. The van der Waals surface area contributed by atoms with E-state index >= 15 is 0 Å². The standard InChI is InChI=1S/C14H20F2N2O2/c1-3-7-14(2,17)12(19)18-9-10-5-4-6-11(8-10)20-13(15)16/h4-6,8,13H,3,7,9,17H2,1-2H3,(H,18,19). The second kappa shape index (κ2) is 7.19. The summed E-state index contributed by atoms with van der Waals surface area (Å²) in [4.78, 5) is 11.9. The molecular weight excluding hydrogens is 266 g/mol. The summed E-state index contributed by atoms with van der Waals surface area (Å²) in [6, 6.07) is 6.20. The average Bonchev–Trinajstić information content (AvgIpc) is 2.35. The molecule has 0 saturated carbocycles. The molecule has 0 spiro atoms. The molecule has 1 atom stereocenters. The second-order valence-electron chi connectivity index (χ2n) is 4.88. The van der Waals surface area contributed by atoms with Crippen LogP contribution in [0.2, 0.25) is 0 Å². The number of carbonyl (C=O) groups is 1. The van der Waals surface area contributed by atoms with E-state index < -0.39 is 12.2 Å². The summed E-state index contributed by atoms with van der Waals surface area (Å²) in [5.41, 5.74) is 5.64. The van der Waals surface area contributed by atoms with E-state index in [0.717, 1.165) is 6.42 Å². The Morgan fingerprint density at radius 2 is 2.20 bits per heavy atom. The number of amides is 1. The minimum atomic E-state index is -2.86. The van der Waals surface area contributed by atoms with Crippen molar-refractivity contribution in [3.8, 4) is 5.75 Å². The van der Waals surface area contributed by atoms with Gasteiger partial charge in [-0.05, 0) is 31.0 Å². The van der Waals surface area contributed by atoms with Gasteiger partial charge in [-0.15, -0.1) is 0 Å². The number of hydrogen-bond acceptors (Lipinski definition) is 3. The van der Waals surface area contributed by atoms with E-state index in [1.54, 1.807) is 19.1 Å². The van der Waals surface area contributed by atoms with Gasteiger partial charge in [0, 0.05) is 6.54 Å². The van der Waals surface area contributed by atoms with Gasteiger partial charge in [0.05, 0.1) is 5.54 Å². The predicted molar refractivity (Wildman–Crippen MR) is 72.4 cm³/mol. The van der Waals surface area contributed by atoms with Crippen LogP contribution in [0.3, 0.4) is 0 Å². The van der Waals surface area contributed by atoms with E-state index in [4.69, 9.17) is 5.73 Å². The van der Waals surface area contributed by atoms with Crippen LogP contribution in [0.25, 0.3) is 0 Å². The van der Waals surface area contributed by atoms with Crippen molar-refractivity contribution in [2.24, 2.45) is 5.73 Å². The van der Waals surface area contributed by atoms with Crippen LogP contribution in [0.5, 0.6) is 5.75 Å². The summed E-state index contributed by atoms with van der Waals surface area (Å²) in [6.45, 7) is 0.971. The lowest BCUT2D eigenvalue weighted by molar-refractivity contribution is -0.126. The van der Waals surface area contributed by atoms with Gasteiger partial charge in [0.2, 0.25) is 5.91 Å². The lowest BCUT2D eigenvalue weighted by atomic mass is 9.96. The highest BCUT2D eigenvalue weighted by Crippen LogP contribution is 2.16. The SMILES string of the molecule is CCCC(C)(N)C(=O)NCc1cccc(OC(F)F)c1. The third-order valence-corrected chi connectivity index (χ3v) is 2.86. The van der Waals surface area contributed by atoms with Crippen molar-refractivity contribution >= 4 is 5.91 Å². The third kappa shape index (κ3) is 5.13. The van der Waals surface area contributed by atoms with Crippen LogP contribution in [-0.2, 0) is 11.3 Å². The maximum atomic E-state index is 12.1. The Kier molecular flexibility index (Phi) is 5.88. The van der Waals surface area contributed by atoms with Crippen molar-refractivity contribution in [1.82, 2.24) is 5.32 Å². The fourth-order valence-electron chi connectivity index (χ4n) is 1.85. The Labute approximate surface area is 117 Å². The second-order valence-corrected chi connectivity index (χ2v) is 4.88. The van der Waals surface area contributed by atoms with Crippen LogP contribution in [-0.4, -0.2) is 18.1 Å². The zero-order valence-electron chi connectivity index (χ0n) is 11.7. The first-order valence-electron chi connectivity index (χ1n) is 6.46. The normalized spacial score (nSPS) is 13.9. The molecule has 112 valence electrons. The van der Waals surface area contributed by atoms with Crippen molar-refractivity contribution in [3.05, 3.63) is 29.8 Å². The van der Waals surface area contributed by atoms with Crippen LogP contribution in [0.4, 0.5) is 8.78 Å². The lowest BCUT2D eigenvalue weighted by Gasteiger charge is -2.22. The molecule has 20 heavy (non-hydrogen) atoms.